The van der Waals surface area contributed by atoms with Crippen LogP contribution in [-0.4, -0.2) is 19.6 Å². The first-order chi connectivity index (χ1) is 20.0. The smallest absolute Gasteiger partial charge is 0.275 e. The summed E-state index contributed by atoms with van der Waals surface area (Å²) < 4.78 is 3.89. The van der Waals surface area contributed by atoms with Crippen molar-refractivity contribution in [3.63, 3.8) is 0 Å². The Hall–Kier alpha value is -4.47. The zero-order chi connectivity index (χ0) is 28.1. The summed E-state index contributed by atoms with van der Waals surface area (Å²) in [4.78, 5) is 2.17. The molecule has 42 heavy (non-hydrogen) atoms. The molecule has 6 heteroatoms. The molecule has 7 aromatic rings. The van der Waals surface area contributed by atoms with E-state index in [-0.39, 0.29) is 21.1 Å². The number of hydrogen-bond donors (Lipinski definition) is 0. The van der Waals surface area contributed by atoms with Gasteiger partial charge in [0.15, 0.2) is 11.6 Å². The number of aromatic nitrogens is 4. The van der Waals surface area contributed by atoms with E-state index in [9.17, 15) is 0 Å². The predicted molar refractivity (Wildman–Crippen MR) is 167 cm³/mol. The fourth-order valence-electron chi connectivity index (χ4n) is 5.88. The molecular formula is C36H29N5Pt. The SMILES string of the molecule is Cc1cc(C)c(N(c2ccn(-c3[c-]ccc4ccccc34)n2)c2cc(C)n(-c3[c-]ccc4ccccc34)n2)c(C)c1.[Pt+2]. The molecule has 0 saturated carbocycles. The van der Waals surface area contributed by atoms with Gasteiger partial charge in [0.1, 0.15) is 0 Å². The van der Waals surface area contributed by atoms with E-state index in [2.05, 4.69) is 124 Å². The largest absolute Gasteiger partial charge is 2.00 e. The van der Waals surface area contributed by atoms with Crippen molar-refractivity contribution in [1.82, 2.24) is 19.6 Å². The molecule has 0 fully saturated rings. The Labute approximate surface area is 260 Å². The number of anilines is 3. The van der Waals surface area contributed by atoms with Gasteiger partial charge in [-0.15, -0.1) is 33.7 Å². The molecule has 0 spiro atoms. The first kappa shape index (κ1) is 27.7. The number of fused-ring (bicyclic) bond motifs is 2. The van der Waals surface area contributed by atoms with Gasteiger partial charge < -0.3 is 0 Å². The van der Waals surface area contributed by atoms with Crippen LogP contribution in [0.5, 0.6) is 0 Å². The zero-order valence-corrected chi connectivity index (χ0v) is 26.1. The van der Waals surface area contributed by atoms with Crippen molar-refractivity contribution in [2.75, 3.05) is 4.90 Å². The van der Waals surface area contributed by atoms with E-state index in [1.54, 1.807) is 0 Å². The standard InChI is InChI=1S/C36H29N5.Pt/c1-24-21-25(2)36(26(3)22-24)40(34-19-20-39(37-34)32-17-9-13-28-11-5-7-15-30(28)32)35-23-27(4)41(38-35)33-18-10-14-29-12-6-8-16-31(29)33;/h5-16,19-23H,1-4H3;/q-2;+2. The van der Waals surface area contributed by atoms with Crippen LogP contribution in [0, 0.1) is 39.8 Å². The second-order valence-corrected chi connectivity index (χ2v) is 10.6. The Morgan fingerprint density at radius 2 is 1.24 bits per heavy atom. The first-order valence-corrected chi connectivity index (χ1v) is 13.8. The van der Waals surface area contributed by atoms with Crippen molar-refractivity contribution < 1.29 is 21.1 Å². The van der Waals surface area contributed by atoms with Crippen LogP contribution >= 0.6 is 0 Å². The summed E-state index contributed by atoms with van der Waals surface area (Å²) in [5, 5.41) is 14.8. The van der Waals surface area contributed by atoms with E-state index in [0.717, 1.165) is 67.1 Å². The molecule has 2 heterocycles. The van der Waals surface area contributed by atoms with Crippen LogP contribution in [0.2, 0.25) is 0 Å². The average molecular weight is 727 g/mol. The monoisotopic (exact) mass is 726 g/mol. The summed E-state index contributed by atoms with van der Waals surface area (Å²) in [5.74, 6) is 1.58. The van der Waals surface area contributed by atoms with E-state index >= 15 is 0 Å². The van der Waals surface area contributed by atoms with Crippen LogP contribution in [0.15, 0.2) is 103 Å². The predicted octanol–water partition coefficient (Wildman–Crippen LogP) is 8.67. The van der Waals surface area contributed by atoms with Gasteiger partial charge in [0.25, 0.3) is 0 Å². The maximum Gasteiger partial charge on any atom is 2.00 e. The van der Waals surface area contributed by atoms with Gasteiger partial charge in [0.05, 0.1) is 5.69 Å². The van der Waals surface area contributed by atoms with Crippen LogP contribution in [0.25, 0.3) is 32.9 Å². The first-order valence-electron chi connectivity index (χ1n) is 13.8. The number of nitrogens with zero attached hydrogens (tertiary/aromatic N) is 5. The summed E-state index contributed by atoms with van der Waals surface area (Å²) in [6.07, 6.45) is 2.00. The van der Waals surface area contributed by atoms with Crippen molar-refractivity contribution in [3.8, 4) is 11.4 Å². The molecule has 2 aromatic heterocycles. The van der Waals surface area contributed by atoms with Crippen LogP contribution in [0.1, 0.15) is 22.4 Å². The minimum absolute atomic E-state index is 0. The Morgan fingerprint density at radius 3 is 1.90 bits per heavy atom. The molecule has 0 N–H and O–H groups in total. The van der Waals surface area contributed by atoms with Gasteiger partial charge in [-0.3, -0.25) is 14.3 Å². The number of rotatable bonds is 5. The molecule has 7 rings (SSSR count). The van der Waals surface area contributed by atoms with E-state index in [4.69, 9.17) is 10.2 Å². The molecule has 0 aliphatic carbocycles. The van der Waals surface area contributed by atoms with Crippen LogP contribution < -0.4 is 4.90 Å². The number of hydrogen-bond acceptors (Lipinski definition) is 3. The third kappa shape index (κ3) is 4.74. The van der Waals surface area contributed by atoms with Crippen molar-refractivity contribution in [2.24, 2.45) is 0 Å². The summed E-state index contributed by atoms with van der Waals surface area (Å²) in [5.41, 5.74) is 7.50. The molecule has 5 nitrogen and oxygen atoms in total. The normalized spacial score (nSPS) is 11.1. The second-order valence-electron chi connectivity index (χ2n) is 10.6. The van der Waals surface area contributed by atoms with E-state index < -0.39 is 0 Å². The molecule has 0 aliphatic rings. The van der Waals surface area contributed by atoms with Gasteiger partial charge in [-0.05, 0) is 50.2 Å². The Morgan fingerprint density at radius 1 is 0.643 bits per heavy atom. The minimum atomic E-state index is 0. The van der Waals surface area contributed by atoms with Gasteiger partial charge in [-0.25, -0.2) is 0 Å². The van der Waals surface area contributed by atoms with Crippen molar-refractivity contribution in [1.29, 1.82) is 0 Å². The topological polar surface area (TPSA) is 38.9 Å². The Kier molecular flexibility index (Phi) is 7.30. The van der Waals surface area contributed by atoms with E-state index in [1.807, 2.05) is 33.8 Å². The molecular weight excluding hydrogens is 698 g/mol. The Balaban J connectivity index is 0.00000316. The molecule has 0 saturated heterocycles. The molecule has 0 radical (unpaired) electrons. The minimum Gasteiger partial charge on any atom is -0.275 e. The fourth-order valence-corrected chi connectivity index (χ4v) is 5.88. The third-order valence-corrected chi connectivity index (χ3v) is 7.61. The van der Waals surface area contributed by atoms with E-state index in [1.165, 1.54) is 5.56 Å². The Bertz CT molecular complexity index is 2040. The van der Waals surface area contributed by atoms with Crippen molar-refractivity contribution >= 4 is 38.9 Å². The summed E-state index contributed by atoms with van der Waals surface area (Å²) in [6, 6.07) is 40.2. The van der Waals surface area contributed by atoms with Crippen molar-refractivity contribution in [3.05, 3.63) is 138 Å². The summed E-state index contributed by atoms with van der Waals surface area (Å²) in [7, 11) is 0. The molecule has 5 aromatic carbocycles. The van der Waals surface area contributed by atoms with Gasteiger partial charge >= 0.3 is 21.1 Å². The average Bonchev–Trinajstić information content (AvgIpc) is 3.61. The maximum atomic E-state index is 5.17. The van der Waals surface area contributed by atoms with Gasteiger partial charge in [-0.1, -0.05) is 54.1 Å². The van der Waals surface area contributed by atoms with Gasteiger partial charge in [0.2, 0.25) is 0 Å². The number of aryl methyl sites for hydroxylation is 4. The van der Waals surface area contributed by atoms with Gasteiger partial charge in [0, 0.05) is 24.0 Å². The third-order valence-electron chi connectivity index (χ3n) is 7.61. The molecule has 0 atom stereocenters. The van der Waals surface area contributed by atoms with E-state index in [0.29, 0.717) is 0 Å². The number of benzene rings is 5. The molecule has 0 bridgehead atoms. The molecule has 208 valence electrons. The van der Waals surface area contributed by atoms with Crippen LogP contribution in [0.4, 0.5) is 17.3 Å². The van der Waals surface area contributed by atoms with Crippen molar-refractivity contribution in [2.45, 2.75) is 27.7 Å². The quantitative estimate of drug-likeness (QED) is 0.167. The molecule has 0 amide bonds. The van der Waals surface area contributed by atoms with Crippen LogP contribution in [0.3, 0.4) is 0 Å². The zero-order valence-electron chi connectivity index (χ0n) is 23.9. The molecule has 0 aliphatic heterocycles. The van der Waals surface area contributed by atoms with Crippen LogP contribution in [-0.2, 0) is 21.1 Å². The second kappa shape index (κ2) is 11.1. The summed E-state index contributed by atoms with van der Waals surface area (Å²) >= 11 is 0. The molecule has 0 unspecified atom stereocenters. The fraction of sp³-hybridized carbons (Fsp3) is 0.111. The van der Waals surface area contributed by atoms with Gasteiger partial charge in [-0.2, -0.15) is 46.6 Å². The maximum absolute atomic E-state index is 5.17. The summed E-state index contributed by atoms with van der Waals surface area (Å²) in [6.45, 7) is 8.53.